The Morgan fingerprint density at radius 2 is 1.80 bits per heavy atom. The summed E-state index contributed by atoms with van der Waals surface area (Å²) >= 11 is 0. The lowest BCUT2D eigenvalue weighted by atomic mass is 9.99. The molecule has 0 radical (unpaired) electrons. The Hall–Kier alpha value is -2.25. The fraction of sp³-hybridized carbons (Fsp3) is 0.609. The molecule has 1 saturated heterocycles. The maximum Gasteiger partial charge on any atom is 0.240 e. The third-order valence-electron chi connectivity index (χ3n) is 4.25. The van der Waals surface area contributed by atoms with Crippen molar-refractivity contribution in [1.82, 2.24) is 15.5 Å². The van der Waals surface area contributed by atoms with Gasteiger partial charge in [0.2, 0.25) is 11.8 Å². The average molecular weight is 423 g/mol. The Kier molecular flexibility index (Phi) is 20.0. The summed E-state index contributed by atoms with van der Waals surface area (Å²) in [7, 11) is 3.75. The van der Waals surface area contributed by atoms with Crippen LogP contribution in [-0.4, -0.2) is 56.2 Å². The number of hydrogen-bond acceptors (Lipinski definition) is 5. The zero-order chi connectivity index (χ0) is 23.4. The first-order valence-electron chi connectivity index (χ1n) is 10.8. The van der Waals surface area contributed by atoms with Crippen LogP contribution in [0.1, 0.15) is 65.0 Å². The lowest BCUT2D eigenvalue weighted by molar-refractivity contribution is -0.141. The monoisotopic (exact) mass is 422 g/mol. The molecule has 2 amide bonds. The van der Waals surface area contributed by atoms with Crippen LogP contribution >= 0.6 is 0 Å². The van der Waals surface area contributed by atoms with Gasteiger partial charge in [-0.2, -0.15) is 0 Å². The molecule has 2 rings (SSSR count). The largest absolute Gasteiger partial charge is 0.348 e. The van der Waals surface area contributed by atoms with Crippen molar-refractivity contribution in [3.8, 4) is 0 Å². The zero-order valence-corrected chi connectivity index (χ0v) is 19.6. The molecule has 7 nitrogen and oxygen atoms in total. The predicted octanol–water partition coefficient (Wildman–Crippen LogP) is 2.66. The number of carbonyl (C=O) groups excluding carboxylic acids is 3. The highest BCUT2D eigenvalue weighted by Crippen LogP contribution is 2.20. The van der Waals surface area contributed by atoms with Gasteiger partial charge in [-0.3, -0.25) is 9.59 Å². The van der Waals surface area contributed by atoms with Crippen LogP contribution in [0, 0.1) is 0 Å². The van der Waals surface area contributed by atoms with Crippen molar-refractivity contribution in [3.05, 3.63) is 35.9 Å². The second-order valence-corrected chi connectivity index (χ2v) is 6.58. The van der Waals surface area contributed by atoms with Gasteiger partial charge in [0, 0.05) is 19.0 Å². The molecule has 1 aromatic carbocycles. The van der Waals surface area contributed by atoms with Crippen molar-refractivity contribution in [2.75, 3.05) is 27.2 Å². The predicted molar refractivity (Wildman–Crippen MR) is 124 cm³/mol. The molecule has 0 aliphatic carbocycles. The lowest BCUT2D eigenvalue weighted by Gasteiger charge is -2.34. The summed E-state index contributed by atoms with van der Waals surface area (Å²) in [6, 6.07) is 10.0. The van der Waals surface area contributed by atoms with Crippen LogP contribution in [0.15, 0.2) is 30.3 Å². The minimum Gasteiger partial charge on any atom is -0.348 e. The number of piperidine rings is 1. The number of amides is 2. The molecule has 2 atom stereocenters. The van der Waals surface area contributed by atoms with E-state index in [4.69, 9.17) is 4.79 Å². The van der Waals surface area contributed by atoms with E-state index in [1.807, 2.05) is 65.2 Å². The van der Waals surface area contributed by atoms with E-state index in [0.29, 0.717) is 12.7 Å². The third-order valence-corrected chi connectivity index (χ3v) is 4.25. The molecule has 4 N–H and O–H groups in total. The molecular formula is C23H42N4O3. The van der Waals surface area contributed by atoms with Gasteiger partial charge in [-0.05, 0) is 45.8 Å². The molecule has 0 bridgehead atoms. The van der Waals surface area contributed by atoms with Crippen LogP contribution in [0.5, 0.6) is 0 Å². The molecule has 1 aliphatic heterocycles. The molecular weight excluding hydrogens is 380 g/mol. The maximum atomic E-state index is 12.2. The second-order valence-electron chi connectivity index (χ2n) is 6.58. The van der Waals surface area contributed by atoms with Gasteiger partial charge < -0.3 is 26.1 Å². The Balaban J connectivity index is 0. The molecule has 30 heavy (non-hydrogen) atoms. The summed E-state index contributed by atoms with van der Waals surface area (Å²) in [6.07, 6.45) is 4.07. The fourth-order valence-corrected chi connectivity index (χ4v) is 2.90. The quantitative estimate of drug-likeness (QED) is 0.611. The highest BCUT2D eigenvalue weighted by Gasteiger charge is 2.28. The van der Waals surface area contributed by atoms with Gasteiger partial charge in [-0.25, -0.2) is 0 Å². The summed E-state index contributed by atoms with van der Waals surface area (Å²) in [5.74, 6) is 0.0238. The standard InChI is InChI=1S/C17H24N2O2.C2H5NO.C2H7N.C2H6/c1-3-15-10-7-11-17(21)19(15)12-16(20)18-13(2)14-8-5-4-6-9-14;3-1-2-4;1-3-2;1-2/h4-6,8-9,13,15H,3,7,10-12H2,1-2H3,(H,18,20);2H,1,3H2;3H,1-2H3;1-2H3/t13-,15?;;;/m0.../s1. The Bertz CT molecular complexity index is 567. The third kappa shape index (κ3) is 13.1. The number of hydrogen-bond donors (Lipinski definition) is 3. The van der Waals surface area contributed by atoms with Gasteiger partial charge in [0.15, 0.2) is 0 Å². The molecule has 1 heterocycles. The summed E-state index contributed by atoms with van der Waals surface area (Å²) in [6.45, 7) is 8.35. The number of nitrogens with one attached hydrogen (secondary N) is 2. The molecule has 0 saturated carbocycles. The highest BCUT2D eigenvalue weighted by molar-refractivity contribution is 5.85. The van der Waals surface area contributed by atoms with Gasteiger partial charge >= 0.3 is 0 Å². The first kappa shape index (κ1) is 29.9. The van der Waals surface area contributed by atoms with Crippen LogP contribution in [-0.2, 0) is 14.4 Å². The number of carbonyl (C=O) groups is 3. The number of rotatable bonds is 6. The number of likely N-dealkylation sites (tertiary alicyclic amines) is 1. The fourth-order valence-electron chi connectivity index (χ4n) is 2.90. The van der Waals surface area contributed by atoms with Gasteiger partial charge in [0.25, 0.3) is 0 Å². The van der Waals surface area contributed by atoms with Gasteiger partial charge in [-0.15, -0.1) is 0 Å². The second kappa shape index (κ2) is 20.0. The molecule has 7 heteroatoms. The number of benzene rings is 1. The average Bonchev–Trinajstić information content (AvgIpc) is 2.77. The van der Waals surface area contributed by atoms with Crippen molar-refractivity contribution < 1.29 is 14.4 Å². The molecule has 0 aromatic heterocycles. The lowest BCUT2D eigenvalue weighted by Crippen LogP contribution is -2.48. The van der Waals surface area contributed by atoms with Crippen LogP contribution in [0.4, 0.5) is 0 Å². The highest BCUT2D eigenvalue weighted by atomic mass is 16.2. The maximum absolute atomic E-state index is 12.2. The minimum atomic E-state index is -0.0833. The molecule has 1 aliphatic rings. The Labute approximate surface area is 182 Å². The summed E-state index contributed by atoms with van der Waals surface area (Å²) in [4.78, 5) is 35.0. The van der Waals surface area contributed by atoms with Gasteiger partial charge in [0.1, 0.15) is 6.29 Å². The van der Waals surface area contributed by atoms with Crippen LogP contribution in [0.3, 0.4) is 0 Å². The zero-order valence-electron chi connectivity index (χ0n) is 19.6. The van der Waals surface area contributed by atoms with E-state index in [1.54, 1.807) is 4.90 Å². The Morgan fingerprint density at radius 3 is 2.27 bits per heavy atom. The van der Waals surface area contributed by atoms with E-state index < -0.39 is 0 Å². The summed E-state index contributed by atoms with van der Waals surface area (Å²) < 4.78 is 0. The van der Waals surface area contributed by atoms with Crippen molar-refractivity contribution in [3.63, 3.8) is 0 Å². The van der Waals surface area contributed by atoms with E-state index in [0.717, 1.165) is 24.8 Å². The van der Waals surface area contributed by atoms with E-state index in [2.05, 4.69) is 23.3 Å². The summed E-state index contributed by atoms with van der Waals surface area (Å²) in [5.41, 5.74) is 5.73. The van der Waals surface area contributed by atoms with Crippen molar-refractivity contribution in [2.45, 2.75) is 65.5 Å². The number of aldehydes is 1. The van der Waals surface area contributed by atoms with E-state index >= 15 is 0 Å². The van der Waals surface area contributed by atoms with Gasteiger partial charge in [-0.1, -0.05) is 51.1 Å². The topological polar surface area (TPSA) is 105 Å². The van der Waals surface area contributed by atoms with Crippen LogP contribution < -0.4 is 16.4 Å². The first-order valence-corrected chi connectivity index (χ1v) is 10.8. The number of nitrogens with two attached hydrogens (primary N) is 1. The molecule has 0 spiro atoms. The van der Waals surface area contributed by atoms with Crippen molar-refractivity contribution in [1.29, 1.82) is 0 Å². The van der Waals surface area contributed by atoms with Crippen molar-refractivity contribution >= 4 is 18.1 Å². The molecule has 1 fully saturated rings. The van der Waals surface area contributed by atoms with E-state index in [9.17, 15) is 9.59 Å². The SMILES string of the molecule is CC.CCC1CCCC(=O)N1CC(=O)N[C@@H](C)c1ccccc1.CNC.NCC=O. The molecule has 172 valence electrons. The van der Waals surface area contributed by atoms with E-state index in [1.165, 1.54) is 0 Å². The molecule has 1 aromatic rings. The van der Waals surface area contributed by atoms with Crippen LogP contribution in [0.25, 0.3) is 0 Å². The summed E-state index contributed by atoms with van der Waals surface area (Å²) in [5, 5.41) is 5.73. The van der Waals surface area contributed by atoms with Crippen LogP contribution in [0.2, 0.25) is 0 Å². The first-order chi connectivity index (χ1) is 14.4. The minimum absolute atomic E-state index is 0.0429. The Morgan fingerprint density at radius 1 is 1.27 bits per heavy atom. The van der Waals surface area contributed by atoms with Crippen molar-refractivity contribution in [2.24, 2.45) is 5.73 Å². The normalized spacial score (nSPS) is 15.8. The molecule has 1 unspecified atom stereocenters. The van der Waals surface area contributed by atoms with E-state index in [-0.39, 0.29) is 37.0 Å². The smallest absolute Gasteiger partial charge is 0.240 e. The number of nitrogens with zero attached hydrogens (tertiary/aromatic N) is 1. The van der Waals surface area contributed by atoms with Gasteiger partial charge in [0.05, 0.1) is 12.6 Å².